The highest BCUT2D eigenvalue weighted by Gasteiger charge is 2.09. The first-order valence-electron chi connectivity index (χ1n) is 7.09. The number of carbonyl (C=O) groups is 1. The molecule has 23 heavy (non-hydrogen) atoms. The van der Waals surface area contributed by atoms with Crippen LogP contribution in [0.15, 0.2) is 61.2 Å². The first-order chi connectivity index (χ1) is 11.1. The summed E-state index contributed by atoms with van der Waals surface area (Å²) in [4.78, 5) is 10.7. The minimum absolute atomic E-state index is 0.555. The molecule has 118 valence electrons. The molecule has 0 radical (unpaired) electrons. The Kier molecular flexibility index (Phi) is 5.58. The van der Waals surface area contributed by atoms with E-state index in [2.05, 4.69) is 6.58 Å². The van der Waals surface area contributed by atoms with Crippen LogP contribution in [0.5, 0.6) is 17.2 Å². The van der Waals surface area contributed by atoms with Crippen LogP contribution in [0.1, 0.15) is 11.1 Å². The first-order valence-corrected chi connectivity index (χ1v) is 7.09. The van der Waals surface area contributed by atoms with Crippen molar-refractivity contribution in [2.24, 2.45) is 0 Å². The number of carboxylic acids is 1. The molecular formula is C19H18O4. The summed E-state index contributed by atoms with van der Waals surface area (Å²) in [7, 11) is 1.58. The van der Waals surface area contributed by atoms with Crippen molar-refractivity contribution in [1.29, 1.82) is 0 Å². The predicted octanol–water partition coefficient (Wildman–Crippen LogP) is 4.31. The van der Waals surface area contributed by atoms with Crippen molar-refractivity contribution < 1.29 is 19.4 Å². The summed E-state index contributed by atoms with van der Waals surface area (Å²) in [5.41, 5.74) is 1.75. The number of hydrogen-bond acceptors (Lipinski definition) is 3. The van der Waals surface area contributed by atoms with Crippen LogP contribution in [0.4, 0.5) is 0 Å². The quantitative estimate of drug-likeness (QED) is 0.611. The molecule has 0 amide bonds. The number of benzene rings is 2. The highest BCUT2D eigenvalue weighted by atomic mass is 16.5. The van der Waals surface area contributed by atoms with Gasteiger partial charge in [0, 0.05) is 11.6 Å². The van der Waals surface area contributed by atoms with Crippen molar-refractivity contribution in [3.63, 3.8) is 0 Å². The van der Waals surface area contributed by atoms with Crippen molar-refractivity contribution >= 4 is 12.0 Å². The molecule has 0 bridgehead atoms. The third-order valence-electron chi connectivity index (χ3n) is 3.15. The second-order valence-electron chi connectivity index (χ2n) is 4.79. The number of methoxy groups -OCH3 is 1. The van der Waals surface area contributed by atoms with Crippen LogP contribution >= 0.6 is 0 Å². The molecule has 0 unspecified atom stereocenters. The summed E-state index contributed by atoms with van der Waals surface area (Å²) in [5, 5.41) is 8.76. The van der Waals surface area contributed by atoms with E-state index in [1.54, 1.807) is 19.2 Å². The molecule has 0 spiro atoms. The van der Waals surface area contributed by atoms with Crippen LogP contribution in [0, 0.1) is 0 Å². The second-order valence-corrected chi connectivity index (χ2v) is 4.79. The standard InChI is InChI=1S/C19H18O4/c1-3-6-14-9-11-17(18(13-14)22-2)23-16-8-5-4-7-15(16)10-12-19(20)21/h3-5,7-13H,1,6H2,2H3,(H,20,21)/b12-10+. The van der Waals surface area contributed by atoms with Crippen molar-refractivity contribution in [3.8, 4) is 17.2 Å². The van der Waals surface area contributed by atoms with E-state index < -0.39 is 5.97 Å². The molecule has 0 aromatic heterocycles. The summed E-state index contributed by atoms with van der Waals surface area (Å²) < 4.78 is 11.3. The van der Waals surface area contributed by atoms with Gasteiger partial charge in [-0.2, -0.15) is 0 Å². The molecule has 4 heteroatoms. The van der Waals surface area contributed by atoms with Crippen molar-refractivity contribution in [1.82, 2.24) is 0 Å². The monoisotopic (exact) mass is 310 g/mol. The van der Waals surface area contributed by atoms with Crippen LogP contribution < -0.4 is 9.47 Å². The Hall–Kier alpha value is -3.01. The van der Waals surface area contributed by atoms with E-state index in [0.29, 0.717) is 22.8 Å². The van der Waals surface area contributed by atoms with Crippen molar-refractivity contribution in [2.75, 3.05) is 7.11 Å². The van der Waals surface area contributed by atoms with Gasteiger partial charge >= 0.3 is 5.97 Å². The molecule has 0 aliphatic heterocycles. The smallest absolute Gasteiger partial charge is 0.328 e. The van der Waals surface area contributed by atoms with Gasteiger partial charge in [-0.25, -0.2) is 4.79 Å². The number of para-hydroxylation sites is 1. The fourth-order valence-corrected chi connectivity index (χ4v) is 2.08. The molecule has 0 fully saturated rings. The van der Waals surface area contributed by atoms with E-state index in [4.69, 9.17) is 14.6 Å². The van der Waals surface area contributed by atoms with Gasteiger partial charge < -0.3 is 14.6 Å². The number of ether oxygens (including phenoxy) is 2. The Labute approximate surface area is 135 Å². The van der Waals surface area contributed by atoms with Crippen LogP contribution in [-0.4, -0.2) is 18.2 Å². The molecule has 2 rings (SSSR count). The van der Waals surface area contributed by atoms with Crippen LogP contribution in [0.25, 0.3) is 6.08 Å². The van der Waals surface area contributed by atoms with Gasteiger partial charge in [0.05, 0.1) is 7.11 Å². The molecule has 2 aromatic carbocycles. The Balaban J connectivity index is 2.32. The zero-order valence-corrected chi connectivity index (χ0v) is 12.9. The highest BCUT2D eigenvalue weighted by Crippen LogP contribution is 2.34. The summed E-state index contributed by atoms with van der Waals surface area (Å²) in [5.74, 6) is 0.726. The lowest BCUT2D eigenvalue weighted by atomic mass is 10.1. The van der Waals surface area contributed by atoms with Gasteiger partial charge in [0.25, 0.3) is 0 Å². The van der Waals surface area contributed by atoms with Crippen molar-refractivity contribution in [3.05, 3.63) is 72.3 Å². The summed E-state index contributed by atoms with van der Waals surface area (Å²) in [6, 6.07) is 12.9. The molecule has 0 aliphatic rings. The third kappa shape index (κ3) is 4.48. The Morgan fingerprint density at radius 3 is 2.65 bits per heavy atom. The highest BCUT2D eigenvalue weighted by molar-refractivity contribution is 5.85. The molecule has 0 atom stereocenters. The second kappa shape index (κ2) is 7.84. The van der Waals surface area contributed by atoms with E-state index >= 15 is 0 Å². The Morgan fingerprint density at radius 1 is 1.17 bits per heavy atom. The van der Waals surface area contributed by atoms with Gasteiger partial charge in [0.1, 0.15) is 5.75 Å². The topological polar surface area (TPSA) is 55.8 Å². The SMILES string of the molecule is C=CCc1ccc(Oc2ccccc2/C=C/C(=O)O)c(OC)c1. The summed E-state index contributed by atoms with van der Waals surface area (Å²) in [6.07, 6.45) is 5.14. The number of aliphatic carboxylic acids is 1. The maximum atomic E-state index is 10.7. The molecule has 0 saturated carbocycles. The molecule has 2 aromatic rings. The zero-order chi connectivity index (χ0) is 16.7. The number of allylic oxidation sites excluding steroid dienone is 1. The lowest BCUT2D eigenvalue weighted by molar-refractivity contribution is -0.131. The summed E-state index contributed by atoms with van der Waals surface area (Å²) in [6.45, 7) is 3.72. The van der Waals surface area contributed by atoms with Gasteiger partial charge in [0.2, 0.25) is 0 Å². The van der Waals surface area contributed by atoms with Crippen molar-refractivity contribution in [2.45, 2.75) is 6.42 Å². The van der Waals surface area contributed by atoms with E-state index in [0.717, 1.165) is 18.1 Å². The first kappa shape index (κ1) is 16.4. The number of hydrogen-bond donors (Lipinski definition) is 1. The Bertz CT molecular complexity index is 732. The van der Waals surface area contributed by atoms with Gasteiger partial charge in [-0.15, -0.1) is 6.58 Å². The zero-order valence-electron chi connectivity index (χ0n) is 12.9. The molecule has 0 saturated heterocycles. The normalized spacial score (nSPS) is 10.5. The van der Waals surface area contributed by atoms with Gasteiger partial charge in [-0.1, -0.05) is 30.3 Å². The maximum absolute atomic E-state index is 10.7. The van der Waals surface area contributed by atoms with Gasteiger partial charge in [-0.3, -0.25) is 0 Å². The lowest BCUT2D eigenvalue weighted by Gasteiger charge is -2.13. The molecular weight excluding hydrogens is 292 g/mol. The fraction of sp³-hybridized carbons (Fsp3) is 0.105. The number of carboxylic acid groups (broad SMARTS) is 1. The van der Waals surface area contributed by atoms with Crippen LogP contribution in [0.3, 0.4) is 0 Å². The van der Waals surface area contributed by atoms with E-state index in [1.165, 1.54) is 6.08 Å². The largest absolute Gasteiger partial charge is 0.493 e. The lowest BCUT2D eigenvalue weighted by Crippen LogP contribution is -1.94. The summed E-state index contributed by atoms with van der Waals surface area (Å²) >= 11 is 0. The van der Waals surface area contributed by atoms with E-state index in [9.17, 15) is 4.79 Å². The van der Waals surface area contributed by atoms with Gasteiger partial charge in [0.15, 0.2) is 11.5 Å². The van der Waals surface area contributed by atoms with E-state index in [-0.39, 0.29) is 0 Å². The molecule has 1 N–H and O–H groups in total. The third-order valence-corrected chi connectivity index (χ3v) is 3.15. The minimum atomic E-state index is -1.01. The van der Waals surface area contributed by atoms with Crippen LogP contribution in [-0.2, 0) is 11.2 Å². The Morgan fingerprint density at radius 2 is 1.96 bits per heavy atom. The average Bonchev–Trinajstić information content (AvgIpc) is 2.55. The average molecular weight is 310 g/mol. The number of rotatable bonds is 7. The molecule has 0 heterocycles. The van der Waals surface area contributed by atoms with Crippen LogP contribution in [0.2, 0.25) is 0 Å². The fourth-order valence-electron chi connectivity index (χ4n) is 2.08. The van der Waals surface area contributed by atoms with Gasteiger partial charge in [-0.05, 0) is 36.3 Å². The van der Waals surface area contributed by atoms with E-state index in [1.807, 2.05) is 36.4 Å². The predicted molar refractivity (Wildman–Crippen MR) is 90.1 cm³/mol. The minimum Gasteiger partial charge on any atom is -0.493 e. The molecule has 4 nitrogen and oxygen atoms in total. The maximum Gasteiger partial charge on any atom is 0.328 e. The molecule has 0 aliphatic carbocycles.